The van der Waals surface area contributed by atoms with Crippen molar-refractivity contribution in [3.05, 3.63) is 33.7 Å². The summed E-state index contributed by atoms with van der Waals surface area (Å²) < 4.78 is 3.06. The molecule has 1 aromatic carbocycles. The largest absolute Gasteiger partial charge is 0.481 e. The number of aryl methyl sites for hydroxylation is 1. The predicted octanol–water partition coefficient (Wildman–Crippen LogP) is 3.00. The number of carbonyl (C=O) groups is 1. The van der Waals surface area contributed by atoms with E-state index < -0.39 is 5.97 Å². The third-order valence-corrected chi connectivity index (χ3v) is 4.15. The van der Waals surface area contributed by atoms with Crippen LogP contribution >= 0.6 is 34.4 Å². The van der Waals surface area contributed by atoms with Gasteiger partial charge in [-0.05, 0) is 47.2 Å². The first-order valence-electron chi connectivity index (χ1n) is 6.16. The van der Waals surface area contributed by atoms with Gasteiger partial charge in [-0.3, -0.25) is 9.36 Å². The second kappa shape index (κ2) is 7.07. The Labute approximate surface area is 134 Å². The molecule has 0 unspecified atom stereocenters. The van der Waals surface area contributed by atoms with Gasteiger partial charge < -0.3 is 5.11 Å². The van der Waals surface area contributed by atoms with Crippen molar-refractivity contribution in [2.24, 2.45) is 0 Å². The van der Waals surface area contributed by atoms with Gasteiger partial charge in [0, 0.05) is 9.99 Å². The number of benzene rings is 1. The first-order chi connectivity index (χ1) is 9.61. The lowest BCUT2D eigenvalue weighted by molar-refractivity contribution is -0.133. The molecule has 0 saturated heterocycles. The van der Waals surface area contributed by atoms with Crippen LogP contribution in [0.2, 0.25) is 0 Å². The molecule has 106 valence electrons. The summed E-state index contributed by atoms with van der Waals surface area (Å²) in [7, 11) is 0. The number of hydrogen-bond donors (Lipinski definition) is 1. The Bertz CT molecular complexity index is 615. The summed E-state index contributed by atoms with van der Waals surface area (Å²) in [6.45, 7) is 2.08. The number of thioether (sulfide) groups is 1. The number of nitrogens with zero attached hydrogens (tertiary/aromatic N) is 3. The zero-order chi connectivity index (χ0) is 14.5. The second-order valence-corrected chi connectivity index (χ2v) is 6.33. The van der Waals surface area contributed by atoms with E-state index in [-0.39, 0.29) is 5.75 Å². The van der Waals surface area contributed by atoms with E-state index in [0.29, 0.717) is 5.16 Å². The van der Waals surface area contributed by atoms with E-state index in [2.05, 4.69) is 39.7 Å². The van der Waals surface area contributed by atoms with Crippen molar-refractivity contribution in [3.8, 4) is 5.69 Å². The maximum Gasteiger partial charge on any atom is 0.313 e. The van der Waals surface area contributed by atoms with Gasteiger partial charge in [0.2, 0.25) is 0 Å². The minimum Gasteiger partial charge on any atom is -0.481 e. The third-order valence-electron chi connectivity index (χ3n) is 2.57. The molecule has 0 amide bonds. The molecule has 0 aliphatic carbocycles. The van der Waals surface area contributed by atoms with Gasteiger partial charge in [0.1, 0.15) is 5.82 Å². The number of aliphatic carboxylic acids is 1. The fraction of sp³-hybridized carbons (Fsp3) is 0.308. The van der Waals surface area contributed by atoms with E-state index in [1.807, 2.05) is 28.8 Å². The van der Waals surface area contributed by atoms with E-state index in [1.165, 1.54) is 11.8 Å². The minimum absolute atomic E-state index is 0.0197. The number of halogens is 1. The highest BCUT2D eigenvalue weighted by Crippen LogP contribution is 2.23. The molecule has 1 aromatic heterocycles. The van der Waals surface area contributed by atoms with Gasteiger partial charge in [-0.2, -0.15) is 0 Å². The van der Waals surface area contributed by atoms with Crippen molar-refractivity contribution in [2.45, 2.75) is 24.9 Å². The Kier molecular flexibility index (Phi) is 5.41. The summed E-state index contributed by atoms with van der Waals surface area (Å²) >= 11 is 3.44. The average Bonchev–Trinajstić information content (AvgIpc) is 2.80. The van der Waals surface area contributed by atoms with Gasteiger partial charge in [-0.15, -0.1) is 10.2 Å². The zero-order valence-electron chi connectivity index (χ0n) is 10.9. The van der Waals surface area contributed by atoms with Crippen molar-refractivity contribution in [3.63, 3.8) is 0 Å². The summed E-state index contributed by atoms with van der Waals surface area (Å²) in [6.07, 6.45) is 1.78. The van der Waals surface area contributed by atoms with Gasteiger partial charge in [-0.25, -0.2) is 0 Å². The Morgan fingerprint density at radius 1 is 1.45 bits per heavy atom. The second-order valence-electron chi connectivity index (χ2n) is 4.15. The molecule has 0 atom stereocenters. The quantitative estimate of drug-likeness (QED) is 0.594. The molecule has 5 nitrogen and oxygen atoms in total. The molecule has 0 fully saturated rings. The lowest BCUT2D eigenvalue weighted by atomic mass is 10.3. The van der Waals surface area contributed by atoms with Crippen LogP contribution in [0.5, 0.6) is 0 Å². The highest BCUT2D eigenvalue weighted by Gasteiger charge is 2.15. The van der Waals surface area contributed by atoms with E-state index >= 15 is 0 Å². The maximum atomic E-state index is 10.7. The molecule has 20 heavy (non-hydrogen) atoms. The summed E-state index contributed by atoms with van der Waals surface area (Å²) in [5.41, 5.74) is 0.971. The highest BCUT2D eigenvalue weighted by molar-refractivity contribution is 14.1. The SMILES string of the molecule is CCCc1nnc(SCC(=O)O)n1-c1cccc(I)c1. The predicted molar refractivity (Wildman–Crippen MR) is 86.4 cm³/mol. The average molecular weight is 403 g/mol. The topological polar surface area (TPSA) is 68.0 Å². The van der Waals surface area contributed by atoms with Crippen molar-refractivity contribution in [1.29, 1.82) is 0 Å². The van der Waals surface area contributed by atoms with E-state index in [1.54, 1.807) is 0 Å². The van der Waals surface area contributed by atoms with Crippen LogP contribution in [-0.2, 0) is 11.2 Å². The fourth-order valence-corrected chi connectivity index (χ4v) is 3.00. The van der Waals surface area contributed by atoms with Crippen molar-refractivity contribution < 1.29 is 9.90 Å². The summed E-state index contributed by atoms with van der Waals surface area (Å²) in [6, 6.07) is 8.00. The van der Waals surface area contributed by atoms with E-state index in [4.69, 9.17) is 5.11 Å². The fourth-order valence-electron chi connectivity index (χ4n) is 1.78. The van der Waals surface area contributed by atoms with Crippen molar-refractivity contribution in [2.75, 3.05) is 5.75 Å². The number of rotatable bonds is 6. The zero-order valence-corrected chi connectivity index (χ0v) is 13.9. The summed E-state index contributed by atoms with van der Waals surface area (Å²) in [5.74, 6) is -0.0135. The molecule has 2 rings (SSSR count). The molecule has 0 aliphatic rings. The third kappa shape index (κ3) is 3.72. The normalized spacial score (nSPS) is 10.7. The van der Waals surface area contributed by atoms with Crippen LogP contribution in [0.4, 0.5) is 0 Å². The van der Waals surface area contributed by atoms with Crippen LogP contribution in [0.1, 0.15) is 19.2 Å². The molecule has 0 saturated carbocycles. The van der Waals surface area contributed by atoms with Gasteiger partial charge in [0.05, 0.1) is 11.4 Å². The van der Waals surface area contributed by atoms with Crippen LogP contribution < -0.4 is 0 Å². The van der Waals surface area contributed by atoms with Crippen LogP contribution in [0.25, 0.3) is 5.69 Å². The van der Waals surface area contributed by atoms with Crippen LogP contribution in [0.15, 0.2) is 29.4 Å². The standard InChI is InChI=1S/C13H14IN3O2S/c1-2-4-11-15-16-13(20-8-12(18)19)17(11)10-6-3-5-9(14)7-10/h3,5-7H,2,4,8H2,1H3,(H,18,19). The van der Waals surface area contributed by atoms with Crippen LogP contribution in [0.3, 0.4) is 0 Å². The molecule has 2 aromatic rings. The maximum absolute atomic E-state index is 10.7. The molecule has 0 spiro atoms. The van der Waals surface area contributed by atoms with E-state index in [9.17, 15) is 4.79 Å². The molecule has 0 bridgehead atoms. The number of carboxylic acid groups (broad SMARTS) is 1. The molecule has 1 N–H and O–H groups in total. The molecular formula is C13H14IN3O2S. The Balaban J connectivity index is 2.41. The first kappa shape index (κ1) is 15.3. The molecular weight excluding hydrogens is 389 g/mol. The number of hydrogen-bond acceptors (Lipinski definition) is 4. The smallest absolute Gasteiger partial charge is 0.313 e. The Morgan fingerprint density at radius 3 is 2.90 bits per heavy atom. The molecule has 0 aliphatic heterocycles. The first-order valence-corrected chi connectivity index (χ1v) is 8.23. The molecule has 1 heterocycles. The summed E-state index contributed by atoms with van der Waals surface area (Å²) in [5, 5.41) is 17.7. The van der Waals surface area contributed by atoms with Gasteiger partial charge in [0.25, 0.3) is 0 Å². The number of aromatic nitrogens is 3. The van der Waals surface area contributed by atoms with Crippen LogP contribution in [0, 0.1) is 3.57 Å². The lowest BCUT2D eigenvalue weighted by Crippen LogP contribution is -2.05. The molecule has 0 radical (unpaired) electrons. The Hall–Kier alpha value is -1.09. The van der Waals surface area contributed by atoms with Crippen LogP contribution in [-0.4, -0.2) is 31.6 Å². The highest BCUT2D eigenvalue weighted by atomic mass is 127. The van der Waals surface area contributed by atoms with Gasteiger partial charge >= 0.3 is 5.97 Å². The Morgan fingerprint density at radius 2 is 2.25 bits per heavy atom. The number of carboxylic acids is 1. The van der Waals surface area contributed by atoms with Crippen molar-refractivity contribution in [1.82, 2.24) is 14.8 Å². The minimum atomic E-state index is -0.857. The molecule has 7 heteroatoms. The lowest BCUT2D eigenvalue weighted by Gasteiger charge is -2.09. The van der Waals surface area contributed by atoms with Crippen molar-refractivity contribution >= 4 is 40.3 Å². The van der Waals surface area contributed by atoms with Gasteiger partial charge in [0.15, 0.2) is 5.16 Å². The van der Waals surface area contributed by atoms with E-state index in [0.717, 1.165) is 27.9 Å². The monoisotopic (exact) mass is 403 g/mol. The van der Waals surface area contributed by atoms with Gasteiger partial charge in [-0.1, -0.05) is 24.8 Å². The summed E-state index contributed by atoms with van der Waals surface area (Å²) in [4.78, 5) is 10.7.